The van der Waals surface area contributed by atoms with Crippen LogP contribution in [0.3, 0.4) is 0 Å². The van der Waals surface area contributed by atoms with Crippen molar-refractivity contribution in [1.82, 2.24) is 25.2 Å². The summed E-state index contributed by atoms with van der Waals surface area (Å²) in [4.78, 5) is 70.4. The van der Waals surface area contributed by atoms with E-state index in [4.69, 9.17) is 9.47 Å². The van der Waals surface area contributed by atoms with Crippen molar-refractivity contribution in [1.29, 1.82) is 0 Å². The fraction of sp³-hybridized carbons (Fsp3) is 0.781. The molecule has 2 saturated carbocycles. The summed E-state index contributed by atoms with van der Waals surface area (Å²) in [5, 5.41) is 4.71. The summed E-state index contributed by atoms with van der Waals surface area (Å²) in [6.45, 7) is 21.3. The highest BCUT2D eigenvalue weighted by Crippen LogP contribution is 2.45. The highest BCUT2D eigenvalue weighted by Gasteiger charge is 2.62. The van der Waals surface area contributed by atoms with Gasteiger partial charge in [-0.2, -0.15) is 0 Å². The second kappa shape index (κ2) is 13.6. The van der Waals surface area contributed by atoms with Crippen molar-refractivity contribution in [3.63, 3.8) is 0 Å². The average molecular weight is 684 g/mol. The van der Waals surface area contributed by atoms with Crippen molar-refractivity contribution in [2.24, 2.45) is 11.3 Å². The van der Waals surface area contributed by atoms with E-state index in [-0.39, 0.29) is 31.5 Å². The highest BCUT2D eigenvalue weighted by molar-refractivity contribution is 7.91. The van der Waals surface area contributed by atoms with E-state index in [0.29, 0.717) is 12.8 Å². The van der Waals surface area contributed by atoms with Crippen LogP contribution in [0.4, 0.5) is 9.59 Å². The molecular weight excluding hydrogens is 630 g/mol. The van der Waals surface area contributed by atoms with Gasteiger partial charge in [0.15, 0.2) is 0 Å². The number of carbonyl (C=O) groups excluding carboxylic acids is 5. The van der Waals surface area contributed by atoms with E-state index in [2.05, 4.69) is 21.9 Å². The predicted octanol–water partition coefficient (Wildman–Crippen LogP) is 2.82. The van der Waals surface area contributed by atoms with Gasteiger partial charge in [-0.3, -0.25) is 19.1 Å². The molecule has 266 valence electrons. The lowest BCUT2D eigenvalue weighted by Crippen LogP contribution is -2.60. The van der Waals surface area contributed by atoms with Crippen molar-refractivity contribution in [3.05, 3.63) is 12.7 Å². The molecule has 5 atom stereocenters. The third-order valence-electron chi connectivity index (χ3n) is 8.46. The summed E-state index contributed by atoms with van der Waals surface area (Å²) >= 11 is 0. The number of rotatable bonds is 11. The van der Waals surface area contributed by atoms with Gasteiger partial charge < -0.3 is 29.9 Å². The van der Waals surface area contributed by atoms with Crippen molar-refractivity contribution < 1.29 is 41.9 Å². The predicted molar refractivity (Wildman–Crippen MR) is 174 cm³/mol. The summed E-state index contributed by atoms with van der Waals surface area (Å²) in [6.07, 6.45) is 0.0775. The Kier molecular flexibility index (Phi) is 11.0. The Hall–Kier alpha value is -3.36. The summed E-state index contributed by atoms with van der Waals surface area (Å²) in [6, 6.07) is -2.72. The van der Waals surface area contributed by atoms with E-state index in [0.717, 1.165) is 0 Å². The maximum absolute atomic E-state index is 14.2. The molecule has 0 aromatic rings. The Balaban J connectivity index is 1.93. The minimum atomic E-state index is -3.90. The molecule has 15 heteroatoms. The zero-order valence-corrected chi connectivity index (χ0v) is 30.2. The van der Waals surface area contributed by atoms with Crippen molar-refractivity contribution in [3.8, 4) is 0 Å². The molecule has 3 N–H and O–H groups in total. The molecule has 0 bridgehead atoms. The van der Waals surface area contributed by atoms with Crippen LogP contribution in [0, 0.1) is 11.3 Å². The molecule has 47 heavy (non-hydrogen) atoms. The van der Waals surface area contributed by atoms with E-state index in [1.165, 1.54) is 11.0 Å². The maximum Gasteiger partial charge on any atom is 0.410 e. The van der Waals surface area contributed by atoms with Crippen LogP contribution in [-0.2, 0) is 33.9 Å². The van der Waals surface area contributed by atoms with Crippen LogP contribution >= 0.6 is 0 Å². The molecule has 1 heterocycles. The monoisotopic (exact) mass is 683 g/mol. The molecule has 5 amide bonds. The Labute approximate surface area is 278 Å². The van der Waals surface area contributed by atoms with Crippen LogP contribution in [0.2, 0.25) is 0 Å². The molecule has 0 aromatic heterocycles. The minimum absolute atomic E-state index is 0.0898. The Bertz CT molecular complexity index is 1360. The Morgan fingerprint density at radius 2 is 1.57 bits per heavy atom. The molecule has 1 saturated heterocycles. The van der Waals surface area contributed by atoms with E-state index in [9.17, 15) is 32.4 Å². The number of hydrogen-bond acceptors (Lipinski definition) is 9. The first-order valence-electron chi connectivity index (χ1n) is 16.2. The average Bonchev–Trinajstić information content (AvgIpc) is 3.81. The topological polar surface area (TPSA) is 181 Å². The van der Waals surface area contributed by atoms with Gasteiger partial charge in [-0.25, -0.2) is 18.0 Å². The van der Waals surface area contributed by atoms with Crippen LogP contribution in [0.1, 0.15) is 94.9 Å². The number of alkyl carbamates (subject to hydrolysis) is 1. The molecule has 14 nitrogen and oxygen atoms in total. The molecular formula is C32H53N5O9S. The first-order valence-corrected chi connectivity index (χ1v) is 17.8. The largest absolute Gasteiger partial charge is 0.444 e. The molecule has 1 aliphatic heterocycles. The minimum Gasteiger partial charge on any atom is -0.444 e. The number of nitrogens with zero attached hydrogens (tertiary/aromatic N) is 2. The summed E-state index contributed by atoms with van der Waals surface area (Å²) in [5.41, 5.74) is -3.25. The number of carbonyl (C=O) groups is 5. The van der Waals surface area contributed by atoms with Crippen molar-refractivity contribution >= 4 is 39.9 Å². The zero-order valence-electron chi connectivity index (χ0n) is 29.3. The van der Waals surface area contributed by atoms with E-state index >= 15 is 0 Å². The fourth-order valence-electron chi connectivity index (χ4n) is 5.86. The van der Waals surface area contributed by atoms with E-state index < -0.39 is 85.8 Å². The van der Waals surface area contributed by atoms with Crippen LogP contribution in [0.5, 0.6) is 0 Å². The first kappa shape index (κ1) is 38.1. The number of likely N-dealkylation sites (tertiary alicyclic amines) is 1. The SMILES string of the molecule is C=CC1CC1(NC(=O)[C@@H]1C[C@@H](OC(=O)N(C(C)C)C(C)C)CN1C(=O)[C@@H](NC(=O)OC(C)(C)C)C(C)(C)C)C(=O)NS(=O)(=O)C1CC1. The number of ether oxygens (including phenoxy) is 2. The molecule has 3 aliphatic rings. The van der Waals surface area contributed by atoms with Crippen LogP contribution in [-0.4, -0.2) is 101 Å². The zero-order chi connectivity index (χ0) is 35.9. The Morgan fingerprint density at radius 3 is 2.02 bits per heavy atom. The first-order chi connectivity index (χ1) is 21.4. The van der Waals surface area contributed by atoms with Gasteiger partial charge in [0.25, 0.3) is 5.91 Å². The van der Waals surface area contributed by atoms with E-state index in [1.54, 1.807) is 46.4 Å². The number of amides is 5. The molecule has 0 spiro atoms. The lowest BCUT2D eigenvalue weighted by molar-refractivity contribution is -0.143. The lowest BCUT2D eigenvalue weighted by atomic mass is 9.85. The van der Waals surface area contributed by atoms with Gasteiger partial charge in [0.05, 0.1) is 11.8 Å². The maximum atomic E-state index is 14.2. The third-order valence-corrected chi connectivity index (χ3v) is 10.3. The molecule has 0 radical (unpaired) electrons. The van der Waals surface area contributed by atoms with Gasteiger partial charge in [-0.1, -0.05) is 26.8 Å². The lowest BCUT2D eigenvalue weighted by Gasteiger charge is -2.36. The summed E-state index contributed by atoms with van der Waals surface area (Å²) in [5.74, 6) is -2.75. The van der Waals surface area contributed by atoms with Crippen LogP contribution in [0.25, 0.3) is 0 Å². The van der Waals surface area contributed by atoms with Crippen molar-refractivity contribution in [2.75, 3.05) is 6.54 Å². The molecule has 3 fully saturated rings. The van der Waals surface area contributed by atoms with E-state index in [1.807, 2.05) is 27.7 Å². The second-order valence-corrected chi connectivity index (χ2v) is 17.4. The Morgan fingerprint density at radius 1 is 1.00 bits per heavy atom. The fourth-order valence-corrected chi connectivity index (χ4v) is 7.22. The standard InChI is InChI=1S/C32H53N5O9S/c1-12-20-16-32(20,27(40)35-47(43,44)22-13-14-22)34-25(38)23-15-21(45-29(42)37(18(2)3)19(4)5)17-36(23)26(39)24(30(6,7)8)33-28(41)46-31(9,10)11/h12,18-24H,1,13-17H2,2-11H3,(H,33,41)(H,34,38)(H,35,40)/t20?,21-,23+,24-,32?/m1/s1. The normalized spacial score (nSPS) is 25.1. The summed E-state index contributed by atoms with van der Waals surface area (Å²) < 4.78 is 38.5. The van der Waals surface area contributed by atoms with Gasteiger partial charge in [-0.15, -0.1) is 6.58 Å². The number of nitrogens with one attached hydrogen (secondary N) is 3. The number of sulfonamides is 1. The van der Waals surface area contributed by atoms with Gasteiger partial charge in [0, 0.05) is 24.4 Å². The van der Waals surface area contributed by atoms with Gasteiger partial charge >= 0.3 is 12.2 Å². The number of hydrogen-bond donors (Lipinski definition) is 3. The van der Waals surface area contributed by atoms with Gasteiger partial charge in [-0.05, 0) is 73.1 Å². The van der Waals surface area contributed by atoms with Gasteiger partial charge in [0.1, 0.15) is 29.3 Å². The molecule has 0 aromatic carbocycles. The molecule has 3 rings (SSSR count). The van der Waals surface area contributed by atoms with Crippen LogP contribution in [0.15, 0.2) is 12.7 Å². The molecule has 2 unspecified atom stereocenters. The smallest absolute Gasteiger partial charge is 0.410 e. The summed E-state index contributed by atoms with van der Waals surface area (Å²) in [7, 11) is -3.90. The van der Waals surface area contributed by atoms with Crippen LogP contribution < -0.4 is 15.4 Å². The quantitative estimate of drug-likeness (QED) is 0.276. The third kappa shape index (κ3) is 9.17. The highest BCUT2D eigenvalue weighted by atomic mass is 32.2. The van der Waals surface area contributed by atoms with Crippen molar-refractivity contribution in [2.45, 2.75) is 142 Å². The van der Waals surface area contributed by atoms with Gasteiger partial charge in [0.2, 0.25) is 21.8 Å². The second-order valence-electron chi connectivity index (χ2n) is 15.5. The molecule has 2 aliphatic carbocycles.